The summed E-state index contributed by atoms with van der Waals surface area (Å²) in [6.45, 7) is 1.45. The van der Waals surface area contributed by atoms with Crippen LogP contribution < -0.4 is 4.74 Å². The molecule has 0 saturated carbocycles. The van der Waals surface area contributed by atoms with Crippen LogP contribution in [0, 0.1) is 0 Å². The van der Waals surface area contributed by atoms with Gasteiger partial charge in [-0.25, -0.2) is 14.5 Å². The molecule has 9 heteroatoms. The lowest BCUT2D eigenvalue weighted by molar-refractivity contribution is -0.136. The van der Waals surface area contributed by atoms with E-state index in [0.717, 1.165) is 34.5 Å². The first-order chi connectivity index (χ1) is 19.0. The minimum atomic E-state index is -0.902. The molecule has 0 fully saturated rings. The smallest absolute Gasteiger partial charge is 0.363 e. The van der Waals surface area contributed by atoms with Crippen LogP contribution in [0.2, 0.25) is 0 Å². The van der Waals surface area contributed by atoms with E-state index in [4.69, 9.17) is 9.47 Å². The van der Waals surface area contributed by atoms with Crippen LogP contribution in [-0.2, 0) is 16.0 Å². The topological polar surface area (TPSA) is 106 Å². The molecule has 0 aliphatic carbocycles. The Balaban J connectivity index is 1.34. The summed E-state index contributed by atoms with van der Waals surface area (Å²) in [4.78, 5) is 26.1. The lowest BCUT2D eigenvalue weighted by Gasteiger charge is -2.22. The zero-order valence-corrected chi connectivity index (χ0v) is 21.7. The molecule has 0 spiro atoms. The number of carbonyl (C=O) groups excluding carboxylic acids is 2. The Kier molecular flexibility index (Phi) is 7.40. The molecule has 2 heterocycles. The summed E-state index contributed by atoms with van der Waals surface area (Å²) in [5.74, 6) is -1.03. The fourth-order valence-electron chi connectivity index (χ4n) is 4.56. The number of para-hydroxylation sites is 1. The number of esters is 1. The van der Waals surface area contributed by atoms with E-state index in [1.807, 2.05) is 85.8 Å². The first kappa shape index (κ1) is 25.7. The number of methoxy groups -OCH3 is 1. The first-order valence-electron chi connectivity index (χ1n) is 12.6. The van der Waals surface area contributed by atoms with Crippen LogP contribution in [-0.4, -0.2) is 51.2 Å². The quantitative estimate of drug-likeness (QED) is 0.336. The molecule has 1 aliphatic rings. The number of aromatic nitrogens is 2. The molecule has 0 bridgehead atoms. The number of nitrogens with zero attached hydrogens (tertiary/aromatic N) is 4. The van der Waals surface area contributed by atoms with E-state index in [2.05, 4.69) is 10.2 Å². The summed E-state index contributed by atoms with van der Waals surface area (Å²) < 4.78 is 12.0. The van der Waals surface area contributed by atoms with Crippen molar-refractivity contribution in [3.8, 4) is 17.2 Å². The molecule has 0 saturated heterocycles. The molecule has 5 rings (SSSR count). The lowest BCUT2D eigenvalue weighted by Crippen LogP contribution is -2.31. The van der Waals surface area contributed by atoms with Gasteiger partial charge in [-0.2, -0.15) is 10.2 Å². The van der Waals surface area contributed by atoms with Gasteiger partial charge in [-0.3, -0.25) is 4.79 Å². The number of hydrogen-bond donors (Lipinski definition) is 1. The van der Waals surface area contributed by atoms with Crippen molar-refractivity contribution < 1.29 is 24.2 Å². The Morgan fingerprint density at radius 2 is 1.72 bits per heavy atom. The van der Waals surface area contributed by atoms with Crippen LogP contribution in [0.4, 0.5) is 0 Å². The highest BCUT2D eigenvalue weighted by Gasteiger charge is 2.34. The Labute approximate surface area is 225 Å². The Hall–Kier alpha value is -4.92. The van der Waals surface area contributed by atoms with Crippen LogP contribution in [0.25, 0.3) is 5.69 Å². The van der Waals surface area contributed by atoms with E-state index in [-0.39, 0.29) is 17.5 Å². The molecular weight excluding hydrogens is 496 g/mol. The van der Waals surface area contributed by atoms with Crippen molar-refractivity contribution in [1.82, 2.24) is 14.8 Å². The number of ether oxygens (including phenoxy) is 2. The fourth-order valence-corrected chi connectivity index (χ4v) is 4.56. The van der Waals surface area contributed by atoms with Gasteiger partial charge in [0.25, 0.3) is 5.91 Å². The Morgan fingerprint density at radius 1 is 1.00 bits per heavy atom. The number of hydrogen-bond acceptors (Lipinski definition) is 7. The Morgan fingerprint density at radius 3 is 2.44 bits per heavy atom. The van der Waals surface area contributed by atoms with Gasteiger partial charge in [0, 0.05) is 6.42 Å². The molecule has 0 radical (unpaired) electrons. The maximum Gasteiger partial charge on any atom is 0.363 e. The Bertz CT molecular complexity index is 1510. The first-order valence-corrected chi connectivity index (χ1v) is 12.6. The van der Waals surface area contributed by atoms with E-state index in [0.29, 0.717) is 12.2 Å². The van der Waals surface area contributed by atoms with Gasteiger partial charge in [0.15, 0.2) is 12.4 Å². The van der Waals surface area contributed by atoms with Gasteiger partial charge in [0.05, 0.1) is 30.7 Å². The van der Waals surface area contributed by atoms with Gasteiger partial charge in [0.2, 0.25) is 5.69 Å². The van der Waals surface area contributed by atoms with E-state index in [1.54, 1.807) is 7.11 Å². The van der Waals surface area contributed by atoms with Crippen molar-refractivity contribution in [2.75, 3.05) is 13.7 Å². The van der Waals surface area contributed by atoms with Crippen LogP contribution in [0.15, 0.2) is 90.2 Å². The maximum atomic E-state index is 13.3. The van der Waals surface area contributed by atoms with E-state index < -0.39 is 18.5 Å². The monoisotopic (exact) mass is 524 g/mol. The molecule has 1 aromatic heterocycles. The van der Waals surface area contributed by atoms with E-state index >= 15 is 0 Å². The highest BCUT2D eigenvalue weighted by atomic mass is 16.5. The fraction of sp³-hybridized carbons (Fsp3) is 0.200. The number of benzene rings is 3. The van der Waals surface area contributed by atoms with Crippen LogP contribution in [0.5, 0.6) is 11.5 Å². The number of hydrazone groups is 1. The average molecular weight is 525 g/mol. The summed E-state index contributed by atoms with van der Waals surface area (Å²) in [6, 6.07) is 24.2. The van der Waals surface area contributed by atoms with Crippen LogP contribution in [0.3, 0.4) is 0 Å². The summed E-state index contributed by atoms with van der Waals surface area (Å²) in [7, 11) is 1.59. The molecule has 1 unspecified atom stereocenters. The number of carbonyl (C=O) groups is 2. The predicted octanol–water partition coefficient (Wildman–Crippen LogP) is 4.68. The van der Waals surface area contributed by atoms with Crippen LogP contribution in [0.1, 0.15) is 46.6 Å². The summed E-state index contributed by atoms with van der Waals surface area (Å²) >= 11 is 0. The second kappa shape index (κ2) is 11.2. The highest BCUT2D eigenvalue weighted by molar-refractivity contribution is 6.03. The van der Waals surface area contributed by atoms with Crippen molar-refractivity contribution in [2.24, 2.45) is 5.10 Å². The minimum absolute atomic E-state index is 0.268. The zero-order valence-electron chi connectivity index (χ0n) is 21.7. The van der Waals surface area contributed by atoms with Crippen LogP contribution >= 0.6 is 0 Å². The second-order valence-corrected chi connectivity index (χ2v) is 9.01. The van der Waals surface area contributed by atoms with Crippen molar-refractivity contribution in [3.63, 3.8) is 0 Å². The molecule has 39 heavy (non-hydrogen) atoms. The van der Waals surface area contributed by atoms with Gasteiger partial charge >= 0.3 is 5.97 Å². The summed E-state index contributed by atoms with van der Waals surface area (Å²) in [5.41, 5.74) is 4.01. The molecule has 1 N–H and O–H groups in total. The third-order valence-corrected chi connectivity index (χ3v) is 6.61. The van der Waals surface area contributed by atoms with Gasteiger partial charge in [0.1, 0.15) is 5.75 Å². The van der Waals surface area contributed by atoms with Gasteiger partial charge in [-0.05, 0) is 41.3 Å². The summed E-state index contributed by atoms with van der Waals surface area (Å²) in [6.07, 6.45) is 2.60. The third kappa shape index (κ3) is 5.38. The van der Waals surface area contributed by atoms with Crippen molar-refractivity contribution in [3.05, 3.63) is 107 Å². The SMILES string of the molecule is CCc1ccccc1-n1cc(O)c(C(=O)OCC(=O)N2N=C(c3ccccc3)CC2c2ccc(OC)cc2)n1. The molecule has 1 aliphatic heterocycles. The molecule has 1 amide bonds. The molecule has 198 valence electrons. The number of aryl methyl sites for hydroxylation is 1. The normalized spacial score (nSPS) is 14.7. The number of amides is 1. The third-order valence-electron chi connectivity index (χ3n) is 6.61. The molecule has 4 aromatic rings. The largest absolute Gasteiger partial charge is 0.504 e. The van der Waals surface area contributed by atoms with E-state index in [1.165, 1.54) is 15.9 Å². The summed E-state index contributed by atoms with van der Waals surface area (Å²) in [5, 5.41) is 20.6. The van der Waals surface area contributed by atoms with Gasteiger partial charge in [-0.15, -0.1) is 0 Å². The molecule has 1 atom stereocenters. The minimum Gasteiger partial charge on any atom is -0.504 e. The molecule has 3 aromatic carbocycles. The second-order valence-electron chi connectivity index (χ2n) is 9.01. The number of rotatable bonds is 8. The zero-order chi connectivity index (χ0) is 27.4. The van der Waals surface area contributed by atoms with E-state index in [9.17, 15) is 14.7 Å². The predicted molar refractivity (Wildman–Crippen MR) is 145 cm³/mol. The average Bonchev–Trinajstić information content (AvgIpc) is 3.60. The molecular formula is C30H28N4O5. The van der Waals surface area contributed by atoms with Crippen molar-refractivity contribution in [2.45, 2.75) is 25.8 Å². The highest BCUT2D eigenvalue weighted by Crippen LogP contribution is 2.33. The molecule has 9 nitrogen and oxygen atoms in total. The van der Waals surface area contributed by atoms with Crippen molar-refractivity contribution in [1.29, 1.82) is 0 Å². The standard InChI is InChI=1S/C30H28N4O5/c1-3-20-9-7-8-12-25(20)33-18-27(35)29(32-33)30(37)39-19-28(36)34-26(22-13-15-23(38-2)16-14-22)17-24(31-34)21-10-5-4-6-11-21/h4-16,18,26,35H,3,17,19H2,1-2H3. The lowest BCUT2D eigenvalue weighted by atomic mass is 9.98. The van der Waals surface area contributed by atoms with Gasteiger partial charge < -0.3 is 14.6 Å². The number of aromatic hydroxyl groups is 1. The van der Waals surface area contributed by atoms with Gasteiger partial charge in [-0.1, -0.05) is 67.6 Å². The maximum absolute atomic E-state index is 13.3. The van der Waals surface area contributed by atoms with Crippen molar-refractivity contribution >= 4 is 17.6 Å².